The zero-order chi connectivity index (χ0) is 18.2. The topological polar surface area (TPSA) is 98.6 Å². The van der Waals surface area contributed by atoms with Gasteiger partial charge in [-0.15, -0.1) is 10.2 Å². The molecule has 1 saturated heterocycles. The molecule has 25 heavy (non-hydrogen) atoms. The van der Waals surface area contributed by atoms with Gasteiger partial charge in [-0.25, -0.2) is 9.78 Å². The number of nitrogens with two attached hydrogens (primary N) is 1. The third kappa shape index (κ3) is 3.96. The monoisotopic (exact) mass is 458 g/mol. The maximum atomic E-state index is 11.1. The van der Waals surface area contributed by atoms with Gasteiger partial charge >= 0.3 is 6.09 Å². The average Bonchev–Trinajstić information content (AvgIpc) is 2.97. The molecule has 0 spiro atoms. The highest BCUT2D eigenvalue weighted by Crippen LogP contribution is 2.40. The predicted molar refractivity (Wildman–Crippen MR) is 102 cm³/mol. The minimum absolute atomic E-state index is 0.0883. The normalized spacial score (nSPS) is 17.7. The SMILES string of the molecule is CC1(CC(C)(C)OC(N)=O)CCN(c2ncc(I)c3nncn23)CC1. The van der Waals surface area contributed by atoms with Crippen molar-refractivity contribution in [2.45, 2.75) is 45.6 Å². The van der Waals surface area contributed by atoms with E-state index in [9.17, 15) is 4.79 Å². The Morgan fingerprint density at radius 3 is 2.76 bits per heavy atom. The van der Waals surface area contributed by atoms with Gasteiger partial charge in [0.1, 0.15) is 11.9 Å². The fourth-order valence-corrected chi connectivity index (χ4v) is 4.28. The number of anilines is 1. The molecule has 2 aromatic heterocycles. The lowest BCUT2D eigenvalue weighted by Gasteiger charge is -2.43. The first-order valence-electron chi connectivity index (χ1n) is 8.27. The van der Waals surface area contributed by atoms with Crippen LogP contribution in [0.25, 0.3) is 5.65 Å². The Kier molecular flexibility index (Phi) is 4.78. The lowest BCUT2D eigenvalue weighted by atomic mass is 9.73. The summed E-state index contributed by atoms with van der Waals surface area (Å²) in [4.78, 5) is 17.9. The lowest BCUT2D eigenvalue weighted by Crippen LogP contribution is -2.44. The van der Waals surface area contributed by atoms with Crippen LogP contribution in [0.1, 0.15) is 40.0 Å². The van der Waals surface area contributed by atoms with E-state index >= 15 is 0 Å². The van der Waals surface area contributed by atoms with Gasteiger partial charge in [0, 0.05) is 19.3 Å². The first kappa shape index (κ1) is 18.2. The van der Waals surface area contributed by atoms with E-state index < -0.39 is 11.7 Å². The van der Waals surface area contributed by atoms with Gasteiger partial charge in [-0.2, -0.15) is 0 Å². The summed E-state index contributed by atoms with van der Waals surface area (Å²) in [6.45, 7) is 7.83. The summed E-state index contributed by atoms with van der Waals surface area (Å²) >= 11 is 2.22. The Labute approximate surface area is 160 Å². The zero-order valence-electron chi connectivity index (χ0n) is 14.7. The van der Waals surface area contributed by atoms with Crippen molar-refractivity contribution in [2.24, 2.45) is 11.1 Å². The molecule has 0 saturated carbocycles. The molecule has 2 N–H and O–H groups in total. The van der Waals surface area contributed by atoms with E-state index in [2.05, 4.69) is 49.6 Å². The molecular formula is C16H23IN6O2. The number of aromatic nitrogens is 4. The van der Waals surface area contributed by atoms with Crippen LogP contribution in [0.5, 0.6) is 0 Å². The molecule has 0 unspecified atom stereocenters. The fraction of sp³-hybridized carbons (Fsp3) is 0.625. The third-order valence-corrected chi connectivity index (χ3v) is 5.51. The molecule has 0 aromatic carbocycles. The second-order valence-corrected chi connectivity index (χ2v) is 8.75. The van der Waals surface area contributed by atoms with Gasteiger partial charge in [-0.3, -0.25) is 4.40 Å². The molecule has 1 fully saturated rings. The van der Waals surface area contributed by atoms with E-state index in [1.54, 1.807) is 6.33 Å². The smallest absolute Gasteiger partial charge is 0.405 e. The Hall–Kier alpha value is -1.65. The van der Waals surface area contributed by atoms with Crippen molar-refractivity contribution in [3.05, 3.63) is 16.1 Å². The number of piperidine rings is 1. The van der Waals surface area contributed by atoms with Gasteiger partial charge in [0.15, 0.2) is 5.65 Å². The summed E-state index contributed by atoms with van der Waals surface area (Å²) in [6.07, 6.45) is 5.56. The largest absolute Gasteiger partial charge is 0.444 e. The highest BCUT2D eigenvalue weighted by molar-refractivity contribution is 14.1. The van der Waals surface area contributed by atoms with Crippen LogP contribution in [0.3, 0.4) is 0 Å². The van der Waals surface area contributed by atoms with Gasteiger partial charge in [0.2, 0.25) is 5.95 Å². The Bertz CT molecular complexity index is 782. The summed E-state index contributed by atoms with van der Waals surface area (Å²) < 4.78 is 8.18. The summed E-state index contributed by atoms with van der Waals surface area (Å²) in [7, 11) is 0. The number of nitrogens with zero attached hydrogens (tertiary/aromatic N) is 5. The predicted octanol–water partition coefficient (Wildman–Crippen LogP) is 2.60. The number of carbonyl (C=O) groups is 1. The van der Waals surface area contributed by atoms with E-state index in [1.807, 2.05) is 24.4 Å². The van der Waals surface area contributed by atoms with Crippen LogP contribution >= 0.6 is 22.6 Å². The second-order valence-electron chi connectivity index (χ2n) is 7.59. The number of primary amides is 1. The van der Waals surface area contributed by atoms with E-state index in [1.165, 1.54) is 0 Å². The molecule has 1 aliphatic rings. The minimum Gasteiger partial charge on any atom is -0.444 e. The minimum atomic E-state index is -0.718. The van der Waals surface area contributed by atoms with Crippen LogP contribution in [-0.4, -0.2) is 44.4 Å². The number of ether oxygens (including phenoxy) is 1. The average molecular weight is 458 g/mol. The molecule has 8 nitrogen and oxygen atoms in total. The number of fused-ring (bicyclic) bond motifs is 1. The number of hydrogen-bond donors (Lipinski definition) is 1. The van der Waals surface area contributed by atoms with Crippen molar-refractivity contribution in [3.63, 3.8) is 0 Å². The highest BCUT2D eigenvalue weighted by atomic mass is 127. The molecule has 3 rings (SSSR count). The van der Waals surface area contributed by atoms with E-state index in [0.717, 1.165) is 47.5 Å². The molecule has 0 aliphatic carbocycles. The molecule has 0 atom stereocenters. The van der Waals surface area contributed by atoms with Crippen molar-refractivity contribution in [1.82, 2.24) is 19.6 Å². The van der Waals surface area contributed by atoms with E-state index in [4.69, 9.17) is 10.5 Å². The molecule has 1 aliphatic heterocycles. The van der Waals surface area contributed by atoms with Crippen LogP contribution in [0.15, 0.2) is 12.5 Å². The van der Waals surface area contributed by atoms with Crippen molar-refractivity contribution in [3.8, 4) is 0 Å². The zero-order valence-corrected chi connectivity index (χ0v) is 16.9. The van der Waals surface area contributed by atoms with Gasteiger partial charge in [-0.05, 0) is 61.1 Å². The highest BCUT2D eigenvalue weighted by Gasteiger charge is 2.38. The van der Waals surface area contributed by atoms with Crippen LogP contribution in [-0.2, 0) is 4.74 Å². The Balaban J connectivity index is 1.72. The first-order valence-corrected chi connectivity index (χ1v) is 9.35. The quantitative estimate of drug-likeness (QED) is 0.708. The number of hydrogen-bond acceptors (Lipinski definition) is 6. The summed E-state index contributed by atoms with van der Waals surface area (Å²) in [5, 5.41) is 8.16. The third-order valence-electron chi connectivity index (χ3n) is 4.75. The standard InChI is InChI=1S/C16H23IN6O2/c1-15(2,25-13(18)24)9-16(3)4-6-22(7-5-16)14-19-8-11(17)12-21-20-10-23(12)14/h8,10H,4-7,9H2,1-3H3,(H2,18,24). The number of amides is 1. The Morgan fingerprint density at radius 2 is 2.12 bits per heavy atom. The number of rotatable bonds is 4. The van der Waals surface area contributed by atoms with Crippen LogP contribution in [0, 0.1) is 8.99 Å². The molecule has 0 radical (unpaired) electrons. The first-order chi connectivity index (χ1) is 11.7. The molecular weight excluding hydrogens is 435 g/mol. The maximum Gasteiger partial charge on any atom is 0.405 e. The molecule has 9 heteroatoms. The molecule has 0 bridgehead atoms. The van der Waals surface area contributed by atoms with Gasteiger partial charge < -0.3 is 15.4 Å². The summed E-state index contributed by atoms with van der Waals surface area (Å²) in [5.74, 6) is 0.870. The summed E-state index contributed by atoms with van der Waals surface area (Å²) in [5.41, 5.74) is 5.54. The van der Waals surface area contributed by atoms with E-state index in [-0.39, 0.29) is 5.41 Å². The molecule has 2 aromatic rings. The summed E-state index contributed by atoms with van der Waals surface area (Å²) in [6, 6.07) is 0. The van der Waals surface area contributed by atoms with Gasteiger partial charge in [-0.1, -0.05) is 6.92 Å². The van der Waals surface area contributed by atoms with Crippen molar-refractivity contribution >= 4 is 40.3 Å². The molecule has 1 amide bonds. The fourth-order valence-electron chi connectivity index (χ4n) is 3.77. The molecule has 136 valence electrons. The van der Waals surface area contributed by atoms with Gasteiger partial charge in [0.05, 0.1) is 3.57 Å². The van der Waals surface area contributed by atoms with Crippen molar-refractivity contribution < 1.29 is 9.53 Å². The molecule has 3 heterocycles. The number of carbonyl (C=O) groups excluding carboxylic acids is 1. The maximum absolute atomic E-state index is 11.1. The van der Waals surface area contributed by atoms with Crippen molar-refractivity contribution in [2.75, 3.05) is 18.0 Å². The Morgan fingerprint density at radius 1 is 1.44 bits per heavy atom. The lowest BCUT2D eigenvalue weighted by molar-refractivity contribution is 0.00146. The van der Waals surface area contributed by atoms with Crippen molar-refractivity contribution in [1.29, 1.82) is 0 Å². The number of halogens is 1. The second kappa shape index (κ2) is 6.58. The van der Waals surface area contributed by atoms with Crippen LogP contribution in [0.4, 0.5) is 10.7 Å². The van der Waals surface area contributed by atoms with Crippen LogP contribution < -0.4 is 10.6 Å². The van der Waals surface area contributed by atoms with E-state index in [0.29, 0.717) is 0 Å². The van der Waals surface area contributed by atoms with Gasteiger partial charge in [0.25, 0.3) is 0 Å². The van der Waals surface area contributed by atoms with Crippen LogP contribution in [0.2, 0.25) is 0 Å².